The van der Waals surface area contributed by atoms with Crippen LogP contribution in [0.25, 0.3) is 0 Å². The summed E-state index contributed by atoms with van der Waals surface area (Å²) in [6.07, 6.45) is 0. The van der Waals surface area contributed by atoms with Crippen LogP contribution in [0.3, 0.4) is 0 Å². The van der Waals surface area contributed by atoms with Gasteiger partial charge in [0, 0.05) is 18.7 Å². The lowest BCUT2D eigenvalue weighted by Crippen LogP contribution is -2.52. The zero-order chi connectivity index (χ0) is 29.4. The molecule has 0 aliphatic rings. The topological polar surface area (TPSA) is 105 Å². The monoisotopic (exact) mass is 567 g/mol. The van der Waals surface area contributed by atoms with Crippen LogP contribution in [-0.4, -0.2) is 58.0 Å². The first-order chi connectivity index (χ1) is 19.0. The third-order valence-corrected chi connectivity index (χ3v) is 8.07. The number of carbonyl (C=O) groups excluding carboxylic acids is 2. The number of ether oxygens (including phenoxy) is 2. The molecule has 0 aliphatic heterocycles. The minimum absolute atomic E-state index is 0.0716. The number of aryl methyl sites for hydroxylation is 1. The molecule has 0 bridgehead atoms. The lowest BCUT2D eigenvalue weighted by molar-refractivity contribution is -0.139. The van der Waals surface area contributed by atoms with E-state index in [-0.39, 0.29) is 29.1 Å². The Hall–Kier alpha value is -4.05. The molecule has 214 valence electrons. The Kier molecular flexibility index (Phi) is 10.2. The minimum Gasteiger partial charge on any atom is -0.493 e. The zero-order valence-electron chi connectivity index (χ0n) is 23.7. The molecule has 0 aliphatic carbocycles. The van der Waals surface area contributed by atoms with Crippen LogP contribution >= 0.6 is 0 Å². The van der Waals surface area contributed by atoms with E-state index in [2.05, 4.69) is 5.32 Å². The number of nitrogens with one attached hydrogen (secondary N) is 1. The number of hydrogen-bond acceptors (Lipinski definition) is 6. The van der Waals surface area contributed by atoms with Crippen molar-refractivity contribution >= 4 is 27.5 Å². The van der Waals surface area contributed by atoms with E-state index in [4.69, 9.17) is 9.47 Å². The number of hydrogen-bond donors (Lipinski definition) is 1. The summed E-state index contributed by atoms with van der Waals surface area (Å²) in [5.74, 6) is -0.244. The summed E-state index contributed by atoms with van der Waals surface area (Å²) in [6.45, 7) is 6.87. The SMILES string of the molecule is COc1ccc(S(=O)(=O)N(CC(=O)N(Cc2cccc(C)c2)[C@@H](C)C(=O)NC(C)C)c2ccccc2)cc1OC. The third-order valence-electron chi connectivity index (χ3n) is 6.30. The van der Waals surface area contributed by atoms with Crippen LogP contribution < -0.4 is 19.1 Å². The van der Waals surface area contributed by atoms with Crippen molar-refractivity contribution in [1.29, 1.82) is 0 Å². The summed E-state index contributed by atoms with van der Waals surface area (Å²) in [4.78, 5) is 28.3. The van der Waals surface area contributed by atoms with Gasteiger partial charge < -0.3 is 19.7 Å². The lowest BCUT2D eigenvalue weighted by Gasteiger charge is -2.32. The first kappa shape index (κ1) is 30.5. The molecule has 0 aromatic heterocycles. The summed E-state index contributed by atoms with van der Waals surface area (Å²) in [5.41, 5.74) is 2.14. The van der Waals surface area contributed by atoms with Gasteiger partial charge in [-0.05, 0) is 57.5 Å². The van der Waals surface area contributed by atoms with Crippen LogP contribution in [0.5, 0.6) is 11.5 Å². The van der Waals surface area contributed by atoms with Crippen molar-refractivity contribution in [3.05, 3.63) is 83.9 Å². The number of nitrogens with zero attached hydrogens (tertiary/aromatic N) is 2. The fourth-order valence-corrected chi connectivity index (χ4v) is 5.65. The van der Waals surface area contributed by atoms with E-state index in [0.29, 0.717) is 11.4 Å². The predicted molar refractivity (Wildman–Crippen MR) is 155 cm³/mol. The molecular weight excluding hydrogens is 530 g/mol. The zero-order valence-corrected chi connectivity index (χ0v) is 24.6. The number of amides is 2. The molecule has 40 heavy (non-hydrogen) atoms. The molecular formula is C30H37N3O6S. The molecule has 0 spiro atoms. The highest BCUT2D eigenvalue weighted by atomic mass is 32.2. The van der Waals surface area contributed by atoms with Crippen molar-refractivity contribution in [3.63, 3.8) is 0 Å². The third kappa shape index (κ3) is 7.32. The molecule has 3 rings (SSSR count). The molecule has 0 saturated carbocycles. The first-order valence-corrected chi connectivity index (χ1v) is 14.4. The van der Waals surface area contributed by atoms with E-state index in [1.807, 2.05) is 45.0 Å². The second-order valence-electron chi connectivity index (χ2n) is 9.71. The van der Waals surface area contributed by atoms with Gasteiger partial charge in [0.25, 0.3) is 10.0 Å². The highest BCUT2D eigenvalue weighted by Gasteiger charge is 2.33. The van der Waals surface area contributed by atoms with Crippen LogP contribution in [0.2, 0.25) is 0 Å². The van der Waals surface area contributed by atoms with Crippen molar-refractivity contribution in [1.82, 2.24) is 10.2 Å². The Morgan fingerprint density at radius 1 is 0.875 bits per heavy atom. The van der Waals surface area contributed by atoms with Gasteiger partial charge in [0.15, 0.2) is 11.5 Å². The highest BCUT2D eigenvalue weighted by Crippen LogP contribution is 2.32. The van der Waals surface area contributed by atoms with Gasteiger partial charge in [-0.1, -0.05) is 48.0 Å². The van der Waals surface area contributed by atoms with Crippen LogP contribution in [0, 0.1) is 6.92 Å². The van der Waals surface area contributed by atoms with Crippen LogP contribution in [-0.2, 0) is 26.2 Å². The fourth-order valence-electron chi connectivity index (χ4n) is 4.22. The number of anilines is 1. The quantitative estimate of drug-likeness (QED) is 0.353. The molecule has 0 saturated heterocycles. The van der Waals surface area contributed by atoms with Gasteiger partial charge in [-0.25, -0.2) is 8.42 Å². The summed E-state index contributed by atoms with van der Waals surface area (Å²) in [5, 5.41) is 2.85. The van der Waals surface area contributed by atoms with E-state index < -0.39 is 28.5 Å². The van der Waals surface area contributed by atoms with Crippen molar-refractivity contribution in [2.45, 2.75) is 51.2 Å². The Morgan fingerprint density at radius 3 is 2.15 bits per heavy atom. The summed E-state index contributed by atoms with van der Waals surface area (Å²) >= 11 is 0. The maximum Gasteiger partial charge on any atom is 0.264 e. The lowest BCUT2D eigenvalue weighted by atomic mass is 10.1. The molecule has 0 radical (unpaired) electrons. The maximum atomic E-state index is 14.0. The Bertz CT molecular complexity index is 1430. The Balaban J connectivity index is 2.05. The van der Waals surface area contributed by atoms with E-state index in [1.54, 1.807) is 37.3 Å². The molecule has 0 heterocycles. The van der Waals surface area contributed by atoms with E-state index >= 15 is 0 Å². The number of rotatable bonds is 12. The van der Waals surface area contributed by atoms with Gasteiger partial charge in [-0.15, -0.1) is 0 Å². The number of sulfonamides is 1. The molecule has 3 aromatic carbocycles. The first-order valence-electron chi connectivity index (χ1n) is 12.9. The molecule has 2 amide bonds. The maximum absolute atomic E-state index is 14.0. The second kappa shape index (κ2) is 13.3. The smallest absolute Gasteiger partial charge is 0.264 e. The molecule has 10 heteroatoms. The average molecular weight is 568 g/mol. The fraction of sp³-hybridized carbons (Fsp3) is 0.333. The second-order valence-corrected chi connectivity index (χ2v) is 11.6. The van der Waals surface area contributed by atoms with Gasteiger partial charge in [-0.3, -0.25) is 13.9 Å². The van der Waals surface area contributed by atoms with Gasteiger partial charge in [0.05, 0.1) is 24.8 Å². The molecule has 1 N–H and O–H groups in total. The van der Waals surface area contributed by atoms with Crippen molar-refractivity contribution in [3.8, 4) is 11.5 Å². The average Bonchev–Trinajstić information content (AvgIpc) is 2.93. The van der Waals surface area contributed by atoms with Gasteiger partial charge >= 0.3 is 0 Å². The van der Waals surface area contributed by atoms with Crippen LogP contribution in [0.15, 0.2) is 77.7 Å². The normalized spacial score (nSPS) is 12.0. The largest absolute Gasteiger partial charge is 0.493 e. The van der Waals surface area contributed by atoms with Crippen LogP contribution in [0.4, 0.5) is 5.69 Å². The number of methoxy groups -OCH3 is 2. The Labute approximate surface area is 236 Å². The van der Waals surface area contributed by atoms with Gasteiger partial charge in [0.2, 0.25) is 11.8 Å². The van der Waals surface area contributed by atoms with Gasteiger partial charge in [0.1, 0.15) is 12.6 Å². The van der Waals surface area contributed by atoms with E-state index in [1.165, 1.54) is 37.3 Å². The summed E-state index contributed by atoms with van der Waals surface area (Å²) in [7, 11) is -1.36. The van der Waals surface area contributed by atoms with E-state index in [0.717, 1.165) is 15.4 Å². The molecule has 0 unspecified atom stereocenters. The molecule has 3 aromatic rings. The molecule has 1 atom stereocenters. The summed E-state index contributed by atoms with van der Waals surface area (Å²) < 4.78 is 39.6. The predicted octanol–water partition coefficient (Wildman–Crippen LogP) is 4.15. The minimum atomic E-state index is -4.24. The van der Waals surface area contributed by atoms with Crippen molar-refractivity contribution in [2.75, 3.05) is 25.1 Å². The van der Waals surface area contributed by atoms with E-state index in [9.17, 15) is 18.0 Å². The van der Waals surface area contributed by atoms with Crippen LogP contribution in [0.1, 0.15) is 31.9 Å². The van der Waals surface area contributed by atoms with Crippen molar-refractivity contribution < 1.29 is 27.5 Å². The van der Waals surface area contributed by atoms with Crippen molar-refractivity contribution in [2.24, 2.45) is 0 Å². The number of para-hydroxylation sites is 1. The van der Waals surface area contributed by atoms with Gasteiger partial charge in [-0.2, -0.15) is 0 Å². The molecule has 9 nitrogen and oxygen atoms in total. The molecule has 0 fully saturated rings. The standard InChI is InChI=1S/C30H37N3O6S/c1-21(2)31-30(35)23(4)32(19-24-12-10-11-22(3)17-24)29(34)20-33(25-13-8-7-9-14-25)40(36,37)26-15-16-27(38-5)28(18-26)39-6/h7-18,21,23H,19-20H2,1-6H3,(H,31,35)/t23-/m0/s1. The number of carbonyl (C=O) groups is 2. The highest BCUT2D eigenvalue weighted by molar-refractivity contribution is 7.92. The number of benzene rings is 3. The Morgan fingerprint density at radius 2 is 1.55 bits per heavy atom. The summed E-state index contributed by atoms with van der Waals surface area (Å²) in [6, 6.07) is 19.3.